The molecule has 1 saturated heterocycles. The van der Waals surface area contributed by atoms with Crippen LogP contribution >= 0.6 is 0 Å². The van der Waals surface area contributed by atoms with Crippen LogP contribution in [0.25, 0.3) is 0 Å². The third-order valence-electron chi connectivity index (χ3n) is 3.85. The fourth-order valence-electron chi connectivity index (χ4n) is 2.50. The van der Waals surface area contributed by atoms with Crippen LogP contribution < -0.4 is 5.32 Å². The molecular weight excluding hydrogens is 242 g/mol. The summed E-state index contributed by atoms with van der Waals surface area (Å²) in [4.78, 5) is 18.2. The van der Waals surface area contributed by atoms with Crippen molar-refractivity contribution in [1.82, 2.24) is 25.0 Å². The third kappa shape index (κ3) is 3.76. The molecule has 2 rings (SSSR count). The molecule has 6 heteroatoms. The van der Waals surface area contributed by atoms with Crippen LogP contribution in [0.4, 0.5) is 0 Å². The lowest BCUT2D eigenvalue weighted by molar-refractivity contribution is -0.124. The van der Waals surface area contributed by atoms with Crippen molar-refractivity contribution in [1.29, 1.82) is 0 Å². The van der Waals surface area contributed by atoms with Crippen LogP contribution in [0.2, 0.25) is 0 Å². The standard InChI is InChI=1S/C13H23N5O/c1-11-5-3-4-7-17(11)8-6-15-13(19)12(2)18-10-14-9-16-18/h9-12H,3-8H2,1-2H3,(H,15,19)/t11-,12+/m1/s1. The molecule has 0 saturated carbocycles. The van der Waals surface area contributed by atoms with Crippen molar-refractivity contribution in [2.45, 2.75) is 45.2 Å². The third-order valence-corrected chi connectivity index (χ3v) is 3.85. The molecule has 1 amide bonds. The van der Waals surface area contributed by atoms with Gasteiger partial charge < -0.3 is 5.32 Å². The quantitative estimate of drug-likeness (QED) is 0.856. The average Bonchev–Trinajstić information content (AvgIpc) is 2.94. The maximum Gasteiger partial charge on any atom is 0.244 e. The van der Waals surface area contributed by atoms with Gasteiger partial charge in [0.25, 0.3) is 0 Å². The van der Waals surface area contributed by atoms with Crippen LogP contribution in [0, 0.1) is 0 Å². The number of aromatic nitrogens is 3. The molecule has 0 radical (unpaired) electrons. The van der Waals surface area contributed by atoms with E-state index in [1.54, 1.807) is 11.0 Å². The highest BCUT2D eigenvalue weighted by molar-refractivity contribution is 5.79. The summed E-state index contributed by atoms with van der Waals surface area (Å²) < 4.78 is 1.57. The Morgan fingerprint density at radius 2 is 2.37 bits per heavy atom. The van der Waals surface area contributed by atoms with Gasteiger partial charge in [-0.2, -0.15) is 5.10 Å². The molecule has 106 valence electrons. The second kappa shape index (κ2) is 6.65. The number of amides is 1. The Hall–Kier alpha value is -1.43. The summed E-state index contributed by atoms with van der Waals surface area (Å²) in [5.74, 6) is -0.00448. The molecule has 19 heavy (non-hydrogen) atoms. The van der Waals surface area contributed by atoms with Crippen molar-refractivity contribution in [3.8, 4) is 0 Å². The van der Waals surface area contributed by atoms with E-state index < -0.39 is 0 Å². The Balaban J connectivity index is 1.71. The highest BCUT2D eigenvalue weighted by atomic mass is 16.2. The van der Waals surface area contributed by atoms with Gasteiger partial charge in [0.15, 0.2) is 0 Å². The molecular formula is C13H23N5O. The first-order valence-electron chi connectivity index (χ1n) is 7.04. The van der Waals surface area contributed by atoms with Crippen molar-refractivity contribution in [3.63, 3.8) is 0 Å². The van der Waals surface area contributed by atoms with Gasteiger partial charge in [0.1, 0.15) is 18.7 Å². The first-order chi connectivity index (χ1) is 9.18. The molecule has 1 aliphatic rings. The largest absolute Gasteiger partial charge is 0.353 e. The summed E-state index contributed by atoms with van der Waals surface area (Å²) in [6.45, 7) is 6.86. The Morgan fingerprint density at radius 3 is 3.05 bits per heavy atom. The van der Waals surface area contributed by atoms with Gasteiger partial charge in [-0.1, -0.05) is 6.42 Å². The van der Waals surface area contributed by atoms with Gasteiger partial charge in [-0.25, -0.2) is 9.67 Å². The summed E-state index contributed by atoms with van der Waals surface area (Å²) in [6, 6.07) is 0.333. The summed E-state index contributed by atoms with van der Waals surface area (Å²) in [5.41, 5.74) is 0. The lowest BCUT2D eigenvalue weighted by Gasteiger charge is -2.33. The van der Waals surface area contributed by atoms with E-state index in [0.717, 1.165) is 13.1 Å². The molecule has 1 aromatic rings. The number of nitrogens with one attached hydrogen (secondary N) is 1. The number of nitrogens with zero attached hydrogens (tertiary/aromatic N) is 4. The summed E-state index contributed by atoms with van der Waals surface area (Å²) in [7, 11) is 0. The second-order valence-electron chi connectivity index (χ2n) is 5.22. The van der Waals surface area contributed by atoms with E-state index in [1.165, 1.54) is 25.6 Å². The number of carbonyl (C=O) groups excluding carboxylic acids is 1. The van der Waals surface area contributed by atoms with Crippen LogP contribution in [0.1, 0.15) is 39.2 Å². The number of likely N-dealkylation sites (tertiary alicyclic amines) is 1. The fourth-order valence-corrected chi connectivity index (χ4v) is 2.50. The molecule has 6 nitrogen and oxygen atoms in total. The minimum Gasteiger partial charge on any atom is -0.353 e. The van der Waals surface area contributed by atoms with Crippen LogP contribution in [-0.4, -0.2) is 51.2 Å². The molecule has 1 N–H and O–H groups in total. The van der Waals surface area contributed by atoms with E-state index in [9.17, 15) is 4.79 Å². The molecule has 0 spiro atoms. The van der Waals surface area contributed by atoms with Gasteiger partial charge >= 0.3 is 0 Å². The smallest absolute Gasteiger partial charge is 0.244 e. The monoisotopic (exact) mass is 265 g/mol. The highest BCUT2D eigenvalue weighted by Crippen LogP contribution is 2.15. The maximum atomic E-state index is 11.9. The second-order valence-corrected chi connectivity index (χ2v) is 5.22. The van der Waals surface area contributed by atoms with Gasteiger partial charge in [-0.05, 0) is 33.2 Å². The zero-order chi connectivity index (χ0) is 13.7. The van der Waals surface area contributed by atoms with E-state index in [0.29, 0.717) is 12.6 Å². The summed E-state index contributed by atoms with van der Waals surface area (Å²) in [6.07, 6.45) is 6.88. The molecule has 0 unspecified atom stereocenters. The van der Waals surface area contributed by atoms with Gasteiger partial charge in [0, 0.05) is 19.1 Å². The van der Waals surface area contributed by atoms with Gasteiger partial charge in [0.05, 0.1) is 0 Å². The topological polar surface area (TPSA) is 63.1 Å². The number of rotatable bonds is 5. The number of hydrogen-bond donors (Lipinski definition) is 1. The van der Waals surface area contributed by atoms with E-state index in [4.69, 9.17) is 0 Å². The van der Waals surface area contributed by atoms with Crippen molar-refractivity contribution >= 4 is 5.91 Å². The predicted octanol–water partition coefficient (Wildman–Crippen LogP) is 0.830. The fraction of sp³-hybridized carbons (Fsp3) is 0.769. The van der Waals surface area contributed by atoms with Crippen molar-refractivity contribution in [2.75, 3.05) is 19.6 Å². The van der Waals surface area contributed by atoms with Crippen molar-refractivity contribution in [3.05, 3.63) is 12.7 Å². The van der Waals surface area contributed by atoms with Crippen LogP contribution in [0.15, 0.2) is 12.7 Å². The molecule has 1 aromatic heterocycles. The Morgan fingerprint density at radius 1 is 1.53 bits per heavy atom. The first-order valence-corrected chi connectivity index (χ1v) is 7.04. The Bertz CT molecular complexity index is 392. The van der Waals surface area contributed by atoms with Gasteiger partial charge in [-0.3, -0.25) is 9.69 Å². The molecule has 2 heterocycles. The van der Waals surface area contributed by atoms with Crippen LogP contribution in [0.3, 0.4) is 0 Å². The van der Waals surface area contributed by atoms with Gasteiger partial charge in [0.2, 0.25) is 5.91 Å². The first kappa shape index (κ1) is 14.0. The molecule has 1 aliphatic heterocycles. The van der Waals surface area contributed by atoms with Crippen molar-refractivity contribution < 1.29 is 4.79 Å². The minimum absolute atomic E-state index is 0.00448. The normalized spacial score (nSPS) is 22.1. The van der Waals surface area contributed by atoms with Crippen molar-refractivity contribution in [2.24, 2.45) is 0 Å². The van der Waals surface area contributed by atoms with Gasteiger partial charge in [-0.15, -0.1) is 0 Å². The lowest BCUT2D eigenvalue weighted by Crippen LogP contribution is -2.43. The van der Waals surface area contributed by atoms with E-state index in [2.05, 4.69) is 27.2 Å². The number of hydrogen-bond acceptors (Lipinski definition) is 4. The maximum absolute atomic E-state index is 11.9. The van der Waals surface area contributed by atoms with E-state index in [-0.39, 0.29) is 11.9 Å². The number of carbonyl (C=O) groups is 1. The van der Waals surface area contributed by atoms with E-state index in [1.807, 2.05) is 6.92 Å². The zero-order valence-corrected chi connectivity index (χ0v) is 11.7. The predicted molar refractivity (Wildman–Crippen MR) is 72.6 cm³/mol. The molecule has 0 bridgehead atoms. The molecule has 0 aliphatic carbocycles. The lowest BCUT2D eigenvalue weighted by atomic mass is 10.0. The van der Waals surface area contributed by atoms with Crippen LogP contribution in [-0.2, 0) is 4.79 Å². The Labute approximate surface area is 114 Å². The molecule has 0 aromatic carbocycles. The molecule has 2 atom stereocenters. The minimum atomic E-state index is -0.304. The SMILES string of the molecule is C[C@@H]1CCCCN1CCNC(=O)[C@H](C)n1cncn1. The highest BCUT2D eigenvalue weighted by Gasteiger charge is 2.19. The summed E-state index contributed by atoms with van der Waals surface area (Å²) in [5, 5.41) is 6.95. The number of piperidine rings is 1. The van der Waals surface area contributed by atoms with E-state index >= 15 is 0 Å². The molecule has 1 fully saturated rings. The van der Waals surface area contributed by atoms with Crippen LogP contribution in [0.5, 0.6) is 0 Å². The summed E-state index contributed by atoms with van der Waals surface area (Å²) >= 11 is 0. The zero-order valence-electron chi connectivity index (χ0n) is 11.7. The Kier molecular flexibility index (Phi) is 4.90. The average molecular weight is 265 g/mol.